The van der Waals surface area contributed by atoms with Gasteiger partial charge in [0, 0.05) is 12.6 Å². The van der Waals surface area contributed by atoms with E-state index in [1.165, 1.54) is 4.90 Å². The molecule has 2 rings (SSSR count). The van der Waals surface area contributed by atoms with Crippen LogP contribution in [0.2, 0.25) is 0 Å². The van der Waals surface area contributed by atoms with Gasteiger partial charge in [-0.3, -0.25) is 13.9 Å². The lowest BCUT2D eigenvalue weighted by Gasteiger charge is -2.32. The number of carbonyl (C=O) groups is 2. The maximum atomic E-state index is 13.6. The molecule has 8 heteroatoms. The van der Waals surface area contributed by atoms with Gasteiger partial charge in [-0.25, -0.2) is 8.42 Å². The van der Waals surface area contributed by atoms with Crippen molar-refractivity contribution in [3.05, 3.63) is 64.7 Å². The molecule has 186 valence electrons. The Kier molecular flexibility index (Phi) is 9.27. The van der Waals surface area contributed by atoms with E-state index in [-0.39, 0.29) is 18.5 Å². The van der Waals surface area contributed by atoms with E-state index in [1.807, 2.05) is 65.0 Å². The summed E-state index contributed by atoms with van der Waals surface area (Å²) in [5, 5.41) is 2.93. The van der Waals surface area contributed by atoms with Gasteiger partial charge in [0.05, 0.1) is 11.9 Å². The second-order valence-electron chi connectivity index (χ2n) is 8.99. The predicted octanol–water partition coefficient (Wildman–Crippen LogP) is 3.71. The molecule has 0 aromatic heterocycles. The molecule has 1 N–H and O–H groups in total. The third-order valence-electron chi connectivity index (χ3n) is 6.13. The molecule has 2 amide bonds. The fraction of sp³-hybridized carbons (Fsp3) is 0.462. The van der Waals surface area contributed by atoms with Gasteiger partial charge in [-0.2, -0.15) is 0 Å². The van der Waals surface area contributed by atoms with Crippen molar-refractivity contribution in [1.82, 2.24) is 10.2 Å². The lowest BCUT2D eigenvalue weighted by Crippen LogP contribution is -2.52. The molecule has 0 aliphatic heterocycles. The lowest BCUT2D eigenvalue weighted by atomic mass is 10.1. The van der Waals surface area contributed by atoms with E-state index in [0.29, 0.717) is 5.69 Å². The zero-order valence-corrected chi connectivity index (χ0v) is 22.1. The molecule has 34 heavy (non-hydrogen) atoms. The molecule has 0 aliphatic carbocycles. The summed E-state index contributed by atoms with van der Waals surface area (Å²) in [6.07, 6.45) is 1.85. The number of anilines is 1. The number of sulfonamides is 1. The van der Waals surface area contributed by atoms with Crippen LogP contribution < -0.4 is 9.62 Å². The van der Waals surface area contributed by atoms with Crippen LogP contribution in [0.1, 0.15) is 49.4 Å². The highest BCUT2D eigenvalue weighted by atomic mass is 32.2. The minimum Gasteiger partial charge on any atom is -0.352 e. The summed E-state index contributed by atoms with van der Waals surface area (Å²) in [6.45, 7) is 11.0. The Morgan fingerprint density at radius 3 is 2.26 bits per heavy atom. The van der Waals surface area contributed by atoms with E-state index >= 15 is 0 Å². The molecule has 7 nitrogen and oxygen atoms in total. The van der Waals surface area contributed by atoms with E-state index in [9.17, 15) is 18.0 Å². The predicted molar refractivity (Wildman–Crippen MR) is 137 cm³/mol. The summed E-state index contributed by atoms with van der Waals surface area (Å²) in [5.41, 5.74) is 4.08. The first kappa shape index (κ1) is 27.4. The SMILES string of the molecule is CC[C@@H](C)NC(=O)[C@@H](C)N(Cc1cccc(C)c1)C(=O)CN(c1cccc(C)c1C)S(C)(=O)=O. The highest BCUT2D eigenvalue weighted by Crippen LogP contribution is 2.25. The van der Waals surface area contributed by atoms with Crippen LogP contribution in [-0.2, 0) is 26.2 Å². The summed E-state index contributed by atoms with van der Waals surface area (Å²) >= 11 is 0. The molecule has 0 aliphatic rings. The Labute approximate surface area is 204 Å². The first-order valence-electron chi connectivity index (χ1n) is 11.5. The highest BCUT2D eigenvalue weighted by Gasteiger charge is 2.31. The van der Waals surface area contributed by atoms with E-state index in [0.717, 1.165) is 39.2 Å². The molecule has 0 bridgehead atoms. The van der Waals surface area contributed by atoms with Crippen LogP contribution in [0.25, 0.3) is 0 Å². The van der Waals surface area contributed by atoms with Crippen molar-refractivity contribution >= 4 is 27.5 Å². The Hall–Kier alpha value is -2.87. The zero-order chi connectivity index (χ0) is 25.6. The minimum atomic E-state index is -3.75. The van der Waals surface area contributed by atoms with Crippen LogP contribution >= 0.6 is 0 Å². The lowest BCUT2D eigenvalue weighted by molar-refractivity contribution is -0.139. The van der Waals surface area contributed by atoms with Crippen LogP contribution in [-0.4, -0.2) is 50.0 Å². The van der Waals surface area contributed by atoms with Gasteiger partial charge >= 0.3 is 0 Å². The molecule has 0 saturated carbocycles. The molecule has 0 radical (unpaired) electrons. The summed E-state index contributed by atoms with van der Waals surface area (Å²) in [5.74, 6) is -0.715. The van der Waals surface area contributed by atoms with Crippen molar-refractivity contribution in [3.63, 3.8) is 0 Å². The van der Waals surface area contributed by atoms with E-state index in [1.54, 1.807) is 19.1 Å². The van der Waals surface area contributed by atoms with Crippen LogP contribution in [0, 0.1) is 20.8 Å². The Morgan fingerprint density at radius 2 is 1.68 bits per heavy atom. The maximum Gasteiger partial charge on any atom is 0.244 e. The molecule has 0 heterocycles. The van der Waals surface area contributed by atoms with Crippen molar-refractivity contribution in [2.24, 2.45) is 0 Å². The van der Waals surface area contributed by atoms with E-state index in [4.69, 9.17) is 0 Å². The number of nitrogens with one attached hydrogen (secondary N) is 1. The third-order valence-corrected chi connectivity index (χ3v) is 7.25. The van der Waals surface area contributed by atoms with Crippen LogP contribution in [0.4, 0.5) is 5.69 Å². The van der Waals surface area contributed by atoms with Crippen molar-refractivity contribution in [3.8, 4) is 0 Å². The van der Waals surface area contributed by atoms with Crippen molar-refractivity contribution in [2.75, 3.05) is 17.1 Å². The largest absolute Gasteiger partial charge is 0.352 e. The highest BCUT2D eigenvalue weighted by molar-refractivity contribution is 7.92. The van der Waals surface area contributed by atoms with Gasteiger partial charge in [-0.05, 0) is 63.8 Å². The molecule has 0 spiro atoms. The molecule has 0 saturated heterocycles. The Bertz CT molecular complexity index is 1130. The van der Waals surface area contributed by atoms with Gasteiger partial charge in [0.25, 0.3) is 0 Å². The van der Waals surface area contributed by atoms with Crippen LogP contribution in [0.3, 0.4) is 0 Å². The van der Waals surface area contributed by atoms with Crippen molar-refractivity contribution in [2.45, 2.75) is 66.6 Å². The average molecular weight is 488 g/mol. The molecule has 2 aromatic rings. The van der Waals surface area contributed by atoms with E-state index < -0.39 is 28.5 Å². The smallest absolute Gasteiger partial charge is 0.244 e. The molecular formula is C26H37N3O4S. The topological polar surface area (TPSA) is 86.8 Å². The summed E-state index contributed by atoms with van der Waals surface area (Å²) in [6, 6.07) is 12.3. The number of aryl methyl sites for hydroxylation is 2. The number of amides is 2. The van der Waals surface area contributed by atoms with E-state index in [2.05, 4.69) is 5.32 Å². The van der Waals surface area contributed by atoms with Gasteiger partial charge in [0.2, 0.25) is 21.8 Å². The summed E-state index contributed by atoms with van der Waals surface area (Å²) < 4.78 is 26.6. The Morgan fingerprint density at radius 1 is 1.03 bits per heavy atom. The second kappa shape index (κ2) is 11.5. The fourth-order valence-corrected chi connectivity index (χ4v) is 4.56. The average Bonchev–Trinajstić information content (AvgIpc) is 2.76. The molecular weight excluding hydrogens is 450 g/mol. The number of nitrogens with zero attached hydrogens (tertiary/aromatic N) is 2. The van der Waals surface area contributed by atoms with Crippen molar-refractivity contribution in [1.29, 1.82) is 0 Å². The number of carbonyl (C=O) groups excluding carboxylic acids is 2. The minimum absolute atomic E-state index is 0.0340. The van der Waals surface area contributed by atoms with Crippen LogP contribution in [0.15, 0.2) is 42.5 Å². The second-order valence-corrected chi connectivity index (χ2v) is 10.9. The number of benzene rings is 2. The Balaban J connectivity index is 2.43. The first-order chi connectivity index (χ1) is 15.8. The molecule has 0 unspecified atom stereocenters. The quantitative estimate of drug-likeness (QED) is 0.554. The number of hydrogen-bond donors (Lipinski definition) is 1. The normalized spacial score (nSPS) is 13.1. The first-order valence-corrected chi connectivity index (χ1v) is 13.4. The van der Waals surface area contributed by atoms with Gasteiger partial charge in [0.15, 0.2) is 0 Å². The molecule has 0 fully saturated rings. The molecule has 2 aromatic carbocycles. The summed E-state index contributed by atoms with van der Waals surface area (Å²) in [7, 11) is -3.75. The van der Waals surface area contributed by atoms with Crippen LogP contribution in [0.5, 0.6) is 0 Å². The maximum absolute atomic E-state index is 13.6. The monoisotopic (exact) mass is 487 g/mol. The molecule has 2 atom stereocenters. The standard InChI is InChI=1S/C26H37N3O4S/c1-8-20(4)27-26(31)22(6)28(16-23-13-9-11-18(2)15-23)25(30)17-29(34(7,32)33)24-14-10-12-19(3)21(24)5/h9-15,20,22H,8,16-17H2,1-7H3,(H,27,31)/t20-,22-/m1/s1. The third kappa shape index (κ3) is 7.06. The summed E-state index contributed by atoms with van der Waals surface area (Å²) in [4.78, 5) is 28.0. The van der Waals surface area contributed by atoms with Crippen molar-refractivity contribution < 1.29 is 18.0 Å². The fourth-order valence-electron chi connectivity index (χ4n) is 3.66. The number of hydrogen-bond acceptors (Lipinski definition) is 4. The van der Waals surface area contributed by atoms with Gasteiger partial charge in [-0.1, -0.05) is 48.9 Å². The number of rotatable bonds is 10. The zero-order valence-electron chi connectivity index (χ0n) is 21.3. The van der Waals surface area contributed by atoms with Gasteiger partial charge in [0.1, 0.15) is 12.6 Å². The van der Waals surface area contributed by atoms with Gasteiger partial charge < -0.3 is 10.2 Å². The van der Waals surface area contributed by atoms with Gasteiger partial charge in [-0.15, -0.1) is 0 Å².